The SMILES string of the molecule is CC1(C)CSSC1CNCC(O)C1Cc2cc3c(cc2O1)C(C)(C)N(O)C3(C)C. The monoisotopic (exact) mass is 438 g/mol. The van der Waals surface area contributed by atoms with Crippen LogP contribution in [0.2, 0.25) is 0 Å². The summed E-state index contributed by atoms with van der Waals surface area (Å²) in [6, 6.07) is 4.23. The van der Waals surface area contributed by atoms with Gasteiger partial charge in [-0.05, 0) is 61.9 Å². The van der Waals surface area contributed by atoms with Crippen molar-refractivity contribution >= 4 is 21.6 Å². The molecule has 0 bridgehead atoms. The third-order valence-electron chi connectivity index (χ3n) is 6.88. The van der Waals surface area contributed by atoms with Crippen molar-refractivity contribution in [2.45, 2.75) is 76.5 Å². The predicted octanol–water partition coefficient (Wildman–Crippen LogP) is 3.91. The van der Waals surface area contributed by atoms with E-state index in [1.807, 2.05) is 49.3 Å². The van der Waals surface area contributed by atoms with E-state index in [0.717, 1.165) is 29.0 Å². The fourth-order valence-corrected chi connectivity index (χ4v) is 8.73. The standard InChI is InChI=1S/C22H34N2O3S2/c1-20(2)12-28-29-19(20)11-23-10-16(25)18-8-13-7-14-15(9-17(13)27-18)22(5,6)24(26)21(14,3)4/h7,9,16,18-19,23,25-26H,8,10-12H2,1-6H3. The minimum absolute atomic E-state index is 0.227. The van der Waals surface area contributed by atoms with Crippen LogP contribution in [0.1, 0.15) is 58.2 Å². The normalized spacial score (nSPS) is 30.1. The number of aliphatic hydroxyl groups is 1. The molecule has 1 fully saturated rings. The maximum atomic E-state index is 10.7. The van der Waals surface area contributed by atoms with Gasteiger partial charge >= 0.3 is 0 Å². The van der Waals surface area contributed by atoms with E-state index in [1.54, 1.807) is 0 Å². The molecule has 0 spiro atoms. The summed E-state index contributed by atoms with van der Waals surface area (Å²) in [6.07, 6.45) is -0.0720. The number of rotatable bonds is 5. The molecule has 29 heavy (non-hydrogen) atoms. The maximum absolute atomic E-state index is 10.7. The molecule has 7 heteroatoms. The highest BCUT2D eigenvalue weighted by atomic mass is 33.1. The summed E-state index contributed by atoms with van der Waals surface area (Å²) in [5.41, 5.74) is 2.76. The number of benzene rings is 1. The van der Waals surface area contributed by atoms with E-state index in [9.17, 15) is 10.3 Å². The lowest BCUT2D eigenvalue weighted by molar-refractivity contribution is -0.216. The zero-order valence-electron chi connectivity index (χ0n) is 18.3. The molecule has 1 aromatic carbocycles. The molecular formula is C22H34N2O3S2. The average Bonchev–Trinajstić information content (AvgIpc) is 3.25. The first-order valence-electron chi connectivity index (χ1n) is 10.5. The Hall–Kier alpha value is -0.440. The molecule has 5 nitrogen and oxygen atoms in total. The van der Waals surface area contributed by atoms with Crippen LogP contribution in [-0.4, -0.2) is 51.7 Å². The van der Waals surface area contributed by atoms with Crippen LogP contribution < -0.4 is 10.1 Å². The fourth-order valence-electron chi connectivity index (χ4n) is 4.76. The maximum Gasteiger partial charge on any atom is 0.130 e. The van der Waals surface area contributed by atoms with Crippen molar-refractivity contribution in [3.05, 3.63) is 28.8 Å². The predicted molar refractivity (Wildman–Crippen MR) is 121 cm³/mol. The van der Waals surface area contributed by atoms with Gasteiger partial charge in [0, 0.05) is 30.5 Å². The smallest absolute Gasteiger partial charge is 0.130 e. The number of fused-ring (bicyclic) bond motifs is 2. The van der Waals surface area contributed by atoms with Crippen LogP contribution in [0.25, 0.3) is 0 Å². The number of hydrogen-bond acceptors (Lipinski definition) is 7. The second-order valence-electron chi connectivity index (χ2n) is 10.4. The average molecular weight is 439 g/mol. The Morgan fingerprint density at radius 2 is 1.83 bits per heavy atom. The zero-order valence-corrected chi connectivity index (χ0v) is 19.9. The first-order chi connectivity index (χ1) is 13.4. The summed E-state index contributed by atoms with van der Waals surface area (Å²) < 4.78 is 6.15. The van der Waals surface area contributed by atoms with Crippen LogP contribution in [-0.2, 0) is 17.5 Å². The van der Waals surface area contributed by atoms with E-state index >= 15 is 0 Å². The molecule has 162 valence electrons. The Bertz CT molecular complexity index is 752. The van der Waals surface area contributed by atoms with E-state index < -0.39 is 17.2 Å². The van der Waals surface area contributed by atoms with E-state index in [1.165, 1.54) is 10.8 Å². The van der Waals surface area contributed by atoms with Crippen molar-refractivity contribution in [2.75, 3.05) is 18.8 Å². The van der Waals surface area contributed by atoms with Gasteiger partial charge < -0.3 is 20.4 Å². The second kappa shape index (κ2) is 7.31. The number of hydroxylamine groups is 2. The van der Waals surface area contributed by atoms with Gasteiger partial charge in [0.2, 0.25) is 0 Å². The highest BCUT2D eigenvalue weighted by molar-refractivity contribution is 8.77. The minimum atomic E-state index is -0.547. The Balaban J connectivity index is 1.41. The topological polar surface area (TPSA) is 65.0 Å². The number of nitrogens with zero attached hydrogens (tertiary/aromatic N) is 1. The summed E-state index contributed by atoms with van der Waals surface area (Å²) in [7, 11) is 3.89. The largest absolute Gasteiger partial charge is 0.487 e. The van der Waals surface area contributed by atoms with Gasteiger partial charge in [0.1, 0.15) is 18.0 Å². The summed E-state index contributed by atoms with van der Waals surface area (Å²) in [4.78, 5) is 0. The Morgan fingerprint density at radius 1 is 1.17 bits per heavy atom. The lowest BCUT2D eigenvalue weighted by Crippen LogP contribution is -2.43. The van der Waals surface area contributed by atoms with Gasteiger partial charge in [0.15, 0.2) is 0 Å². The number of hydrogen-bond donors (Lipinski definition) is 3. The number of ether oxygens (including phenoxy) is 1. The lowest BCUT2D eigenvalue weighted by atomic mass is 9.88. The van der Waals surface area contributed by atoms with Crippen LogP contribution >= 0.6 is 21.6 Å². The number of aliphatic hydroxyl groups excluding tert-OH is 1. The summed E-state index contributed by atoms with van der Waals surface area (Å²) in [5.74, 6) is 2.02. The Kier molecular flexibility index (Phi) is 5.49. The molecule has 3 aliphatic rings. The van der Waals surface area contributed by atoms with Gasteiger partial charge in [-0.1, -0.05) is 35.4 Å². The van der Waals surface area contributed by atoms with Crippen LogP contribution in [0.5, 0.6) is 5.75 Å². The van der Waals surface area contributed by atoms with Crippen LogP contribution in [0.3, 0.4) is 0 Å². The molecule has 0 aromatic heterocycles. The third kappa shape index (κ3) is 3.62. The van der Waals surface area contributed by atoms with Crippen LogP contribution in [0.15, 0.2) is 12.1 Å². The summed E-state index contributed by atoms with van der Waals surface area (Å²) in [6.45, 7) is 14.2. The molecule has 3 heterocycles. The molecule has 3 aliphatic heterocycles. The summed E-state index contributed by atoms with van der Waals surface area (Å²) in [5, 5.41) is 26.9. The van der Waals surface area contributed by atoms with Crippen LogP contribution in [0.4, 0.5) is 0 Å². The first-order valence-corrected chi connectivity index (χ1v) is 12.8. The highest BCUT2D eigenvalue weighted by Crippen LogP contribution is 2.51. The molecule has 0 saturated carbocycles. The van der Waals surface area contributed by atoms with Gasteiger partial charge in [0.25, 0.3) is 0 Å². The Morgan fingerprint density at radius 3 is 2.45 bits per heavy atom. The molecule has 1 aromatic rings. The molecule has 1 saturated heterocycles. The third-order valence-corrected chi connectivity index (χ3v) is 10.4. The second-order valence-corrected chi connectivity index (χ2v) is 12.9. The molecule has 0 aliphatic carbocycles. The zero-order chi connectivity index (χ0) is 21.2. The van der Waals surface area contributed by atoms with E-state index in [2.05, 4.69) is 31.3 Å². The number of nitrogens with one attached hydrogen (secondary N) is 1. The Labute approximate surface area is 182 Å². The lowest BCUT2D eigenvalue weighted by Gasteiger charge is -2.34. The van der Waals surface area contributed by atoms with E-state index in [4.69, 9.17) is 4.74 Å². The van der Waals surface area contributed by atoms with Crippen molar-refractivity contribution in [2.24, 2.45) is 5.41 Å². The molecule has 3 unspecified atom stereocenters. The summed E-state index contributed by atoms with van der Waals surface area (Å²) >= 11 is 0. The highest BCUT2D eigenvalue weighted by Gasteiger charge is 2.50. The van der Waals surface area contributed by atoms with Crippen molar-refractivity contribution in [1.29, 1.82) is 0 Å². The molecule has 0 amide bonds. The van der Waals surface area contributed by atoms with Crippen molar-refractivity contribution in [1.82, 2.24) is 10.4 Å². The molecule has 0 radical (unpaired) electrons. The first kappa shape index (κ1) is 21.8. The quantitative estimate of drug-likeness (QED) is 0.603. The van der Waals surface area contributed by atoms with Crippen molar-refractivity contribution in [3.63, 3.8) is 0 Å². The van der Waals surface area contributed by atoms with Crippen molar-refractivity contribution in [3.8, 4) is 5.75 Å². The minimum Gasteiger partial charge on any atom is -0.487 e. The molecule has 4 rings (SSSR count). The van der Waals surface area contributed by atoms with E-state index in [0.29, 0.717) is 23.6 Å². The molecule has 3 N–H and O–H groups in total. The van der Waals surface area contributed by atoms with Gasteiger partial charge in [-0.15, -0.1) is 0 Å². The molecular weight excluding hydrogens is 404 g/mol. The van der Waals surface area contributed by atoms with Gasteiger partial charge in [-0.25, -0.2) is 0 Å². The fraction of sp³-hybridized carbons (Fsp3) is 0.727. The van der Waals surface area contributed by atoms with Gasteiger partial charge in [-0.3, -0.25) is 0 Å². The van der Waals surface area contributed by atoms with Gasteiger partial charge in [-0.2, -0.15) is 5.06 Å². The van der Waals surface area contributed by atoms with E-state index in [-0.39, 0.29) is 6.10 Å². The van der Waals surface area contributed by atoms with Crippen LogP contribution in [0, 0.1) is 5.41 Å². The van der Waals surface area contributed by atoms with Gasteiger partial charge in [0.05, 0.1) is 11.1 Å². The molecule has 3 atom stereocenters. The van der Waals surface area contributed by atoms with Crippen molar-refractivity contribution < 1.29 is 15.1 Å².